The second-order valence-electron chi connectivity index (χ2n) is 8.85. The number of para-hydroxylation sites is 2. The number of benzene rings is 3. The fourth-order valence-corrected chi connectivity index (χ4v) is 6.70. The highest BCUT2D eigenvalue weighted by atomic mass is 35.5. The van der Waals surface area contributed by atoms with Crippen LogP contribution in [-0.2, 0) is 16.6 Å². The van der Waals surface area contributed by atoms with Crippen molar-refractivity contribution in [2.45, 2.75) is 42.0 Å². The third kappa shape index (κ3) is 6.76. The lowest BCUT2D eigenvalue weighted by molar-refractivity contribution is 0.204. The van der Waals surface area contributed by atoms with Crippen LogP contribution in [0.5, 0.6) is 5.75 Å². The van der Waals surface area contributed by atoms with Crippen LogP contribution < -0.4 is 9.04 Å². The zero-order valence-corrected chi connectivity index (χ0v) is 23.0. The first kappa shape index (κ1) is 26.9. The Hall–Kier alpha value is -2.19. The van der Waals surface area contributed by atoms with Gasteiger partial charge in [0.25, 0.3) is 10.0 Å². The highest BCUT2D eigenvalue weighted by Gasteiger charge is 2.28. The number of anilines is 1. The first-order valence-electron chi connectivity index (χ1n) is 12.3. The second kappa shape index (κ2) is 12.9. The summed E-state index contributed by atoms with van der Waals surface area (Å²) in [7, 11) is -3.86. The first-order valence-corrected chi connectivity index (χ1v) is 15.4. The average molecular weight is 545 g/mol. The predicted octanol–water partition coefficient (Wildman–Crippen LogP) is 6.71. The molecule has 0 aromatic heterocycles. The molecule has 0 unspecified atom stereocenters. The third-order valence-corrected chi connectivity index (χ3v) is 9.18. The van der Waals surface area contributed by atoms with Gasteiger partial charge in [0.05, 0.1) is 23.7 Å². The van der Waals surface area contributed by atoms with E-state index in [-0.39, 0.29) is 11.4 Å². The van der Waals surface area contributed by atoms with Gasteiger partial charge in [-0.25, -0.2) is 8.42 Å². The molecule has 0 radical (unpaired) electrons. The first-order chi connectivity index (χ1) is 17.5. The number of halogens is 1. The topological polar surface area (TPSA) is 49.9 Å². The number of piperidine rings is 1. The summed E-state index contributed by atoms with van der Waals surface area (Å²) in [5.41, 5.74) is 1.46. The normalized spacial score (nSPS) is 14.5. The van der Waals surface area contributed by atoms with Crippen molar-refractivity contribution in [3.05, 3.63) is 83.4 Å². The van der Waals surface area contributed by atoms with Crippen molar-refractivity contribution in [2.75, 3.05) is 36.8 Å². The number of hydrogen-bond donors (Lipinski definition) is 0. The van der Waals surface area contributed by atoms with Gasteiger partial charge < -0.3 is 9.64 Å². The van der Waals surface area contributed by atoms with Gasteiger partial charge in [-0.15, -0.1) is 11.8 Å². The SMILES string of the molecule is CSc1ccccc1N(Cc1ccccc1OCCCN1CCCCC1)S(=O)(=O)c1ccc(Cl)cc1. The molecule has 1 saturated heterocycles. The van der Waals surface area contributed by atoms with Crippen molar-refractivity contribution in [1.82, 2.24) is 4.90 Å². The molecule has 3 aromatic rings. The Bertz CT molecular complexity index is 1230. The van der Waals surface area contributed by atoms with Gasteiger partial charge in [0.15, 0.2) is 0 Å². The van der Waals surface area contributed by atoms with Crippen LogP contribution in [-0.4, -0.2) is 45.8 Å². The van der Waals surface area contributed by atoms with E-state index in [0.717, 1.165) is 23.4 Å². The summed E-state index contributed by atoms with van der Waals surface area (Å²) >= 11 is 7.55. The molecule has 36 heavy (non-hydrogen) atoms. The zero-order chi connectivity index (χ0) is 25.4. The van der Waals surface area contributed by atoms with Crippen molar-refractivity contribution < 1.29 is 13.2 Å². The zero-order valence-electron chi connectivity index (χ0n) is 20.6. The molecule has 1 aliphatic heterocycles. The number of hydrogen-bond acceptors (Lipinski definition) is 5. The molecule has 192 valence electrons. The molecule has 1 heterocycles. The van der Waals surface area contributed by atoms with Crippen LogP contribution in [0.15, 0.2) is 82.6 Å². The molecule has 0 aliphatic carbocycles. The van der Waals surface area contributed by atoms with Crippen molar-refractivity contribution >= 4 is 39.1 Å². The molecule has 8 heteroatoms. The lowest BCUT2D eigenvalue weighted by Crippen LogP contribution is -2.31. The minimum atomic E-state index is -3.86. The summed E-state index contributed by atoms with van der Waals surface area (Å²) in [4.78, 5) is 3.58. The maximum atomic E-state index is 13.9. The lowest BCUT2D eigenvalue weighted by atomic mass is 10.1. The Morgan fingerprint density at radius 3 is 2.39 bits per heavy atom. The summed E-state index contributed by atoms with van der Waals surface area (Å²) in [5.74, 6) is 0.717. The van der Waals surface area contributed by atoms with E-state index in [1.165, 1.54) is 48.4 Å². The van der Waals surface area contributed by atoms with Crippen molar-refractivity contribution in [2.24, 2.45) is 0 Å². The van der Waals surface area contributed by atoms with Crippen LogP contribution in [0.1, 0.15) is 31.2 Å². The fraction of sp³-hybridized carbons (Fsp3) is 0.357. The molecular formula is C28H33ClN2O3S2. The van der Waals surface area contributed by atoms with Crippen LogP contribution in [0, 0.1) is 0 Å². The van der Waals surface area contributed by atoms with E-state index < -0.39 is 10.0 Å². The summed E-state index contributed by atoms with van der Waals surface area (Å²) in [6.07, 6.45) is 6.77. The van der Waals surface area contributed by atoms with E-state index in [9.17, 15) is 8.42 Å². The van der Waals surface area contributed by atoms with Crippen molar-refractivity contribution in [3.8, 4) is 5.75 Å². The maximum Gasteiger partial charge on any atom is 0.264 e. The van der Waals surface area contributed by atoms with Gasteiger partial charge in [0.1, 0.15) is 5.75 Å². The van der Waals surface area contributed by atoms with Gasteiger partial charge in [0.2, 0.25) is 0 Å². The smallest absolute Gasteiger partial charge is 0.264 e. The Morgan fingerprint density at radius 2 is 1.64 bits per heavy atom. The molecule has 0 bridgehead atoms. The van der Waals surface area contributed by atoms with E-state index in [4.69, 9.17) is 16.3 Å². The predicted molar refractivity (Wildman–Crippen MR) is 150 cm³/mol. The largest absolute Gasteiger partial charge is 0.493 e. The Balaban J connectivity index is 1.58. The quantitative estimate of drug-likeness (QED) is 0.198. The van der Waals surface area contributed by atoms with Crippen LogP contribution in [0.25, 0.3) is 0 Å². The van der Waals surface area contributed by atoms with E-state index in [1.54, 1.807) is 24.3 Å². The third-order valence-electron chi connectivity index (χ3n) is 6.37. The molecule has 0 N–H and O–H groups in total. The Labute approximate surface area is 224 Å². The van der Waals surface area contributed by atoms with E-state index in [0.29, 0.717) is 23.1 Å². The van der Waals surface area contributed by atoms with Crippen LogP contribution in [0.2, 0.25) is 5.02 Å². The molecular weight excluding hydrogens is 512 g/mol. The summed E-state index contributed by atoms with van der Waals surface area (Å²) in [6, 6.07) is 21.6. The van der Waals surface area contributed by atoms with Gasteiger partial charge in [-0.3, -0.25) is 4.31 Å². The van der Waals surface area contributed by atoms with Gasteiger partial charge >= 0.3 is 0 Å². The summed E-state index contributed by atoms with van der Waals surface area (Å²) in [6.45, 7) is 4.12. The fourth-order valence-electron chi connectivity index (χ4n) is 4.45. The van der Waals surface area contributed by atoms with E-state index in [2.05, 4.69) is 4.90 Å². The Kier molecular flexibility index (Phi) is 9.60. The lowest BCUT2D eigenvalue weighted by Gasteiger charge is -2.27. The van der Waals surface area contributed by atoms with Crippen LogP contribution in [0.3, 0.4) is 0 Å². The molecule has 0 spiro atoms. The van der Waals surface area contributed by atoms with Crippen molar-refractivity contribution in [3.63, 3.8) is 0 Å². The highest BCUT2D eigenvalue weighted by molar-refractivity contribution is 7.99. The Morgan fingerprint density at radius 1 is 0.944 bits per heavy atom. The van der Waals surface area contributed by atoms with Gasteiger partial charge in [-0.1, -0.05) is 48.4 Å². The number of ether oxygens (including phenoxy) is 1. The van der Waals surface area contributed by atoms with Gasteiger partial charge in [-0.2, -0.15) is 0 Å². The molecule has 3 aromatic carbocycles. The maximum absolute atomic E-state index is 13.9. The summed E-state index contributed by atoms with van der Waals surface area (Å²) < 4.78 is 35.4. The number of thioether (sulfide) groups is 1. The molecule has 4 rings (SSSR count). The van der Waals surface area contributed by atoms with E-state index >= 15 is 0 Å². The van der Waals surface area contributed by atoms with Crippen LogP contribution >= 0.6 is 23.4 Å². The summed E-state index contributed by atoms with van der Waals surface area (Å²) in [5, 5.41) is 0.494. The van der Waals surface area contributed by atoms with E-state index in [1.807, 2.05) is 54.8 Å². The van der Waals surface area contributed by atoms with Crippen molar-refractivity contribution in [1.29, 1.82) is 0 Å². The molecule has 5 nitrogen and oxygen atoms in total. The molecule has 1 fully saturated rings. The monoisotopic (exact) mass is 544 g/mol. The standard InChI is InChI=1S/C28H33ClN2O3S2/c1-35-28-13-6-4-11-26(28)31(36(32,33)25-16-14-24(29)15-17-25)22-23-10-3-5-12-27(23)34-21-9-20-30-18-7-2-8-19-30/h3-6,10-17H,2,7-9,18-22H2,1H3. The molecule has 1 aliphatic rings. The average Bonchev–Trinajstić information content (AvgIpc) is 2.91. The molecule has 0 saturated carbocycles. The minimum absolute atomic E-state index is 0.158. The highest BCUT2D eigenvalue weighted by Crippen LogP contribution is 2.35. The molecule has 0 amide bonds. The number of likely N-dealkylation sites (tertiary alicyclic amines) is 1. The number of nitrogens with zero attached hydrogens (tertiary/aromatic N) is 2. The number of sulfonamides is 1. The van der Waals surface area contributed by atoms with Crippen LogP contribution in [0.4, 0.5) is 5.69 Å². The minimum Gasteiger partial charge on any atom is -0.493 e. The number of rotatable bonds is 11. The molecule has 0 atom stereocenters. The second-order valence-corrected chi connectivity index (χ2v) is 12.0. The van der Waals surface area contributed by atoms with Gasteiger partial charge in [-0.05, 0) is 81.1 Å². The van der Waals surface area contributed by atoms with Gasteiger partial charge in [0, 0.05) is 22.0 Å².